The number of oxazole rings is 1. The molecule has 1 heterocycles. The fourth-order valence-corrected chi connectivity index (χ4v) is 1.91. The van der Waals surface area contributed by atoms with Crippen molar-refractivity contribution in [2.24, 2.45) is 0 Å². The molecule has 0 aliphatic carbocycles. The first-order valence-corrected chi connectivity index (χ1v) is 6.28. The second-order valence-electron chi connectivity index (χ2n) is 4.34. The first-order valence-electron chi connectivity index (χ1n) is 6.28. The van der Waals surface area contributed by atoms with E-state index < -0.39 is 5.97 Å². The van der Waals surface area contributed by atoms with Crippen LogP contribution >= 0.6 is 0 Å². The first kappa shape index (κ1) is 12.9. The fourth-order valence-electron chi connectivity index (χ4n) is 1.91. The van der Waals surface area contributed by atoms with Gasteiger partial charge in [0.25, 0.3) is 0 Å². The fraction of sp³-hybridized carbons (Fsp3) is 0.0625. The Bertz CT molecular complexity index is 813. The summed E-state index contributed by atoms with van der Waals surface area (Å²) in [6.07, 6.45) is 0. The van der Waals surface area contributed by atoms with Crippen LogP contribution in [0.25, 0.3) is 11.1 Å². The first-order chi connectivity index (χ1) is 10.3. The number of carbonyl (C=O) groups is 1. The number of nitriles is 1. The second-order valence-corrected chi connectivity index (χ2v) is 4.34. The summed E-state index contributed by atoms with van der Waals surface area (Å²) in [5, 5.41) is 8.81. The topological polar surface area (TPSA) is 76.1 Å². The Hall–Kier alpha value is -3.13. The molecular formula is C16H10N2O3. The lowest BCUT2D eigenvalue weighted by atomic mass is 10.1. The molecule has 0 N–H and O–H groups in total. The molecule has 102 valence electrons. The molecule has 0 aliphatic heterocycles. The summed E-state index contributed by atoms with van der Waals surface area (Å²) < 4.78 is 10.6. The molecule has 21 heavy (non-hydrogen) atoms. The average molecular weight is 278 g/mol. The Morgan fingerprint density at radius 1 is 1.24 bits per heavy atom. The molecule has 0 bridgehead atoms. The summed E-state index contributed by atoms with van der Waals surface area (Å²) in [5.41, 5.74) is 2.10. The molecule has 0 radical (unpaired) electrons. The van der Waals surface area contributed by atoms with Crippen LogP contribution in [0.4, 0.5) is 0 Å². The normalized spacial score (nSPS) is 10.2. The molecule has 0 saturated carbocycles. The summed E-state index contributed by atoms with van der Waals surface area (Å²) in [4.78, 5) is 16.1. The van der Waals surface area contributed by atoms with Crippen molar-refractivity contribution in [3.8, 4) is 6.07 Å². The number of carbonyl (C=O) groups excluding carboxylic acids is 1. The van der Waals surface area contributed by atoms with E-state index in [1.165, 1.54) is 6.07 Å². The van der Waals surface area contributed by atoms with Crippen molar-refractivity contribution in [3.63, 3.8) is 0 Å². The average Bonchev–Trinajstić information content (AvgIpc) is 2.95. The van der Waals surface area contributed by atoms with E-state index in [0.717, 1.165) is 5.52 Å². The van der Waals surface area contributed by atoms with Crippen LogP contribution in [0.3, 0.4) is 0 Å². The van der Waals surface area contributed by atoms with Crippen LogP contribution in [-0.2, 0) is 11.3 Å². The van der Waals surface area contributed by atoms with Crippen molar-refractivity contribution in [3.05, 3.63) is 65.5 Å². The Labute approximate surface area is 120 Å². The number of aromatic nitrogens is 1. The van der Waals surface area contributed by atoms with Crippen LogP contribution < -0.4 is 0 Å². The number of ether oxygens (including phenoxy) is 1. The zero-order valence-electron chi connectivity index (χ0n) is 10.9. The number of nitrogens with zero attached hydrogens (tertiary/aromatic N) is 2. The minimum absolute atomic E-state index is 0.0513. The van der Waals surface area contributed by atoms with Gasteiger partial charge in [-0.15, -0.1) is 0 Å². The maximum atomic E-state index is 11.9. The van der Waals surface area contributed by atoms with Crippen molar-refractivity contribution < 1.29 is 13.9 Å². The smallest absolute Gasteiger partial charge is 0.338 e. The maximum absolute atomic E-state index is 11.9. The summed E-state index contributed by atoms with van der Waals surface area (Å²) >= 11 is 0. The number of benzene rings is 2. The van der Waals surface area contributed by atoms with Gasteiger partial charge in [-0.25, -0.2) is 9.78 Å². The SMILES string of the molecule is N#Cc1cccc(C(=O)OCc2nc3ccccc3o2)c1. The van der Waals surface area contributed by atoms with Gasteiger partial charge in [0, 0.05) is 0 Å². The van der Waals surface area contributed by atoms with Crippen molar-refractivity contribution in [1.29, 1.82) is 5.26 Å². The highest BCUT2D eigenvalue weighted by Crippen LogP contribution is 2.15. The molecule has 0 saturated heterocycles. The van der Waals surface area contributed by atoms with Gasteiger partial charge in [0.15, 0.2) is 12.2 Å². The van der Waals surface area contributed by atoms with Crippen LogP contribution in [0.1, 0.15) is 21.8 Å². The summed E-state index contributed by atoms with van der Waals surface area (Å²) in [7, 11) is 0. The zero-order valence-corrected chi connectivity index (χ0v) is 10.9. The Morgan fingerprint density at radius 3 is 2.90 bits per heavy atom. The number of para-hydroxylation sites is 2. The van der Waals surface area contributed by atoms with Crippen LogP contribution in [0.5, 0.6) is 0 Å². The van der Waals surface area contributed by atoms with Gasteiger partial charge in [-0.05, 0) is 30.3 Å². The van der Waals surface area contributed by atoms with Crippen LogP contribution in [0, 0.1) is 11.3 Å². The third-order valence-electron chi connectivity index (χ3n) is 2.89. The minimum Gasteiger partial charge on any atom is -0.452 e. The molecule has 0 fully saturated rings. The van der Waals surface area contributed by atoms with E-state index in [1.54, 1.807) is 24.3 Å². The van der Waals surface area contributed by atoms with Crippen molar-refractivity contribution >= 4 is 17.1 Å². The number of fused-ring (bicyclic) bond motifs is 1. The number of rotatable bonds is 3. The van der Waals surface area contributed by atoms with E-state index in [4.69, 9.17) is 14.4 Å². The van der Waals surface area contributed by atoms with Crippen molar-refractivity contribution in [1.82, 2.24) is 4.98 Å². The number of hydrogen-bond donors (Lipinski definition) is 0. The lowest BCUT2D eigenvalue weighted by Crippen LogP contribution is -2.05. The van der Waals surface area contributed by atoms with E-state index in [9.17, 15) is 4.79 Å². The molecule has 1 aromatic heterocycles. The molecule has 0 atom stereocenters. The lowest BCUT2D eigenvalue weighted by molar-refractivity contribution is 0.0440. The zero-order chi connectivity index (χ0) is 14.7. The highest BCUT2D eigenvalue weighted by molar-refractivity contribution is 5.89. The molecule has 2 aromatic carbocycles. The molecule has 3 rings (SSSR count). The lowest BCUT2D eigenvalue weighted by Gasteiger charge is -2.02. The van der Waals surface area contributed by atoms with E-state index in [1.807, 2.05) is 24.3 Å². The third kappa shape index (κ3) is 2.74. The maximum Gasteiger partial charge on any atom is 0.338 e. The van der Waals surface area contributed by atoms with E-state index in [0.29, 0.717) is 22.6 Å². The standard InChI is InChI=1S/C16H10N2O3/c17-9-11-4-3-5-12(8-11)16(19)20-10-15-18-13-6-1-2-7-14(13)21-15/h1-8H,10H2. The summed E-state index contributed by atoms with van der Waals surface area (Å²) in [6.45, 7) is -0.0513. The summed E-state index contributed by atoms with van der Waals surface area (Å²) in [5.74, 6) is -0.185. The minimum atomic E-state index is -0.519. The number of hydrogen-bond acceptors (Lipinski definition) is 5. The molecule has 0 unspecified atom stereocenters. The molecule has 5 heteroatoms. The highest BCUT2D eigenvalue weighted by atomic mass is 16.5. The monoisotopic (exact) mass is 278 g/mol. The predicted molar refractivity (Wildman–Crippen MR) is 74.3 cm³/mol. The Balaban J connectivity index is 1.72. The number of esters is 1. The van der Waals surface area contributed by atoms with Gasteiger partial charge < -0.3 is 9.15 Å². The van der Waals surface area contributed by atoms with Crippen LogP contribution in [0.15, 0.2) is 52.9 Å². The Kier molecular flexibility index (Phi) is 3.36. The van der Waals surface area contributed by atoms with Gasteiger partial charge in [-0.2, -0.15) is 5.26 Å². The van der Waals surface area contributed by atoms with Gasteiger partial charge in [-0.1, -0.05) is 18.2 Å². The van der Waals surface area contributed by atoms with Gasteiger partial charge in [0.2, 0.25) is 5.89 Å². The molecule has 3 aromatic rings. The second kappa shape index (κ2) is 5.47. The van der Waals surface area contributed by atoms with Gasteiger partial charge in [0.1, 0.15) is 5.52 Å². The van der Waals surface area contributed by atoms with E-state index in [-0.39, 0.29) is 6.61 Å². The molecule has 0 amide bonds. The Morgan fingerprint density at radius 2 is 2.10 bits per heavy atom. The van der Waals surface area contributed by atoms with E-state index >= 15 is 0 Å². The molecular weight excluding hydrogens is 268 g/mol. The molecule has 5 nitrogen and oxygen atoms in total. The van der Waals surface area contributed by atoms with Gasteiger partial charge in [-0.3, -0.25) is 0 Å². The summed E-state index contributed by atoms with van der Waals surface area (Å²) in [6, 6.07) is 15.6. The van der Waals surface area contributed by atoms with Crippen LogP contribution in [-0.4, -0.2) is 11.0 Å². The molecule has 0 aliphatic rings. The van der Waals surface area contributed by atoms with Crippen molar-refractivity contribution in [2.45, 2.75) is 6.61 Å². The molecule has 0 spiro atoms. The predicted octanol–water partition coefficient (Wildman–Crippen LogP) is 3.06. The van der Waals surface area contributed by atoms with E-state index in [2.05, 4.69) is 4.98 Å². The van der Waals surface area contributed by atoms with Gasteiger partial charge in [0.05, 0.1) is 17.2 Å². The quantitative estimate of drug-likeness (QED) is 0.688. The van der Waals surface area contributed by atoms with Gasteiger partial charge >= 0.3 is 5.97 Å². The van der Waals surface area contributed by atoms with Crippen molar-refractivity contribution in [2.75, 3.05) is 0 Å². The highest BCUT2D eigenvalue weighted by Gasteiger charge is 2.11. The third-order valence-corrected chi connectivity index (χ3v) is 2.89. The largest absolute Gasteiger partial charge is 0.452 e. The van der Waals surface area contributed by atoms with Crippen LogP contribution in [0.2, 0.25) is 0 Å².